The Morgan fingerprint density at radius 3 is 2.54 bits per heavy atom. The maximum atomic E-state index is 12.2. The van der Waals surface area contributed by atoms with Crippen LogP contribution in [0.2, 0.25) is 5.02 Å². The van der Waals surface area contributed by atoms with E-state index >= 15 is 0 Å². The van der Waals surface area contributed by atoms with Crippen molar-refractivity contribution in [3.8, 4) is 0 Å². The van der Waals surface area contributed by atoms with Gasteiger partial charge in [0.25, 0.3) is 11.6 Å². The van der Waals surface area contributed by atoms with Gasteiger partial charge in [-0.3, -0.25) is 19.6 Å². The summed E-state index contributed by atoms with van der Waals surface area (Å²) in [6.07, 6.45) is 0.958. The Morgan fingerprint density at radius 1 is 1.21 bits per heavy atom. The van der Waals surface area contributed by atoms with Crippen molar-refractivity contribution in [3.05, 3.63) is 63.2 Å². The van der Waals surface area contributed by atoms with Crippen molar-refractivity contribution in [1.82, 2.24) is 0 Å². The van der Waals surface area contributed by atoms with E-state index in [-0.39, 0.29) is 27.6 Å². The first kappa shape index (κ1) is 17.7. The van der Waals surface area contributed by atoms with E-state index in [1.165, 1.54) is 42.5 Å². The Morgan fingerprint density at radius 2 is 1.92 bits per heavy atom. The highest BCUT2D eigenvalue weighted by atomic mass is 35.5. The van der Waals surface area contributed by atoms with Crippen LogP contribution in [0.25, 0.3) is 0 Å². The summed E-state index contributed by atoms with van der Waals surface area (Å²) in [6.45, 7) is 0. The lowest BCUT2D eigenvalue weighted by atomic mass is 10.2. The van der Waals surface area contributed by atoms with Crippen molar-refractivity contribution in [3.63, 3.8) is 0 Å². The summed E-state index contributed by atoms with van der Waals surface area (Å²) in [5.74, 6) is -0.566. The zero-order valence-electron chi connectivity index (χ0n) is 12.3. The molecule has 8 nitrogen and oxygen atoms in total. The molecule has 2 aromatic rings. The SMILES string of the molecule is CS(=O)(=O)Nc1cc(C(=O)Nc2cccc([N+](=O)[O-])c2)ccc1Cl. The summed E-state index contributed by atoms with van der Waals surface area (Å²) in [4.78, 5) is 22.4. The Labute approximate surface area is 142 Å². The van der Waals surface area contributed by atoms with Gasteiger partial charge >= 0.3 is 0 Å². The first-order chi connectivity index (χ1) is 11.2. The number of carbonyl (C=O) groups is 1. The highest BCUT2D eigenvalue weighted by Gasteiger charge is 2.13. The Balaban J connectivity index is 2.25. The minimum atomic E-state index is -3.56. The predicted octanol–water partition coefficient (Wildman–Crippen LogP) is 2.87. The lowest BCUT2D eigenvalue weighted by molar-refractivity contribution is -0.384. The molecule has 0 saturated heterocycles. The first-order valence-electron chi connectivity index (χ1n) is 6.49. The van der Waals surface area contributed by atoms with Crippen molar-refractivity contribution >= 4 is 44.6 Å². The van der Waals surface area contributed by atoms with Crippen LogP contribution < -0.4 is 10.0 Å². The lowest BCUT2D eigenvalue weighted by Gasteiger charge is -2.09. The molecule has 0 fully saturated rings. The molecule has 2 aromatic carbocycles. The number of carbonyl (C=O) groups excluding carboxylic acids is 1. The number of nitrogens with zero attached hydrogens (tertiary/aromatic N) is 1. The van der Waals surface area contributed by atoms with E-state index in [0.29, 0.717) is 0 Å². The molecular weight excluding hydrogens is 358 g/mol. The highest BCUT2D eigenvalue weighted by molar-refractivity contribution is 7.92. The second-order valence-electron chi connectivity index (χ2n) is 4.83. The van der Waals surface area contributed by atoms with Crippen molar-refractivity contribution in [2.75, 3.05) is 16.3 Å². The Bertz CT molecular complexity index is 914. The van der Waals surface area contributed by atoms with Crippen LogP contribution in [-0.4, -0.2) is 25.5 Å². The largest absolute Gasteiger partial charge is 0.322 e. The van der Waals surface area contributed by atoms with Gasteiger partial charge in [0.2, 0.25) is 10.0 Å². The molecule has 0 aliphatic carbocycles. The average molecular weight is 370 g/mol. The number of amides is 1. The van der Waals surface area contributed by atoms with Gasteiger partial charge in [0.05, 0.1) is 21.9 Å². The standard InChI is InChI=1S/C14H12ClN3O5S/c1-24(22,23)17-13-7-9(5-6-12(13)15)14(19)16-10-3-2-4-11(8-10)18(20)21/h2-8,17H,1H3,(H,16,19). The van der Waals surface area contributed by atoms with Gasteiger partial charge < -0.3 is 5.32 Å². The number of rotatable bonds is 5. The van der Waals surface area contributed by atoms with E-state index in [1.807, 2.05) is 0 Å². The average Bonchev–Trinajstić information content (AvgIpc) is 2.48. The van der Waals surface area contributed by atoms with Crippen LogP contribution in [0.5, 0.6) is 0 Å². The molecular formula is C14H12ClN3O5S. The summed E-state index contributed by atoms with van der Waals surface area (Å²) in [5.41, 5.74) is 0.271. The second kappa shape index (κ2) is 6.85. The molecule has 0 spiro atoms. The molecule has 2 rings (SSSR count). The summed E-state index contributed by atoms with van der Waals surface area (Å²) in [5, 5.41) is 13.4. The van der Waals surface area contributed by atoms with Gasteiger partial charge in [-0.2, -0.15) is 0 Å². The number of nitrogens with one attached hydrogen (secondary N) is 2. The monoisotopic (exact) mass is 369 g/mol. The van der Waals surface area contributed by atoms with Gasteiger partial charge in [0, 0.05) is 23.4 Å². The van der Waals surface area contributed by atoms with Gasteiger partial charge in [-0.15, -0.1) is 0 Å². The van der Waals surface area contributed by atoms with Crippen molar-refractivity contribution in [1.29, 1.82) is 0 Å². The topological polar surface area (TPSA) is 118 Å². The molecule has 0 aromatic heterocycles. The number of hydrogen-bond donors (Lipinski definition) is 2. The number of benzene rings is 2. The quantitative estimate of drug-likeness (QED) is 0.620. The minimum absolute atomic E-state index is 0.0610. The van der Waals surface area contributed by atoms with Crippen LogP contribution in [-0.2, 0) is 10.0 Å². The fourth-order valence-corrected chi connectivity index (χ4v) is 2.63. The summed E-state index contributed by atoms with van der Waals surface area (Å²) in [7, 11) is -3.56. The maximum absolute atomic E-state index is 12.2. The van der Waals surface area contributed by atoms with E-state index in [0.717, 1.165) is 6.26 Å². The predicted molar refractivity (Wildman–Crippen MR) is 91.0 cm³/mol. The van der Waals surface area contributed by atoms with Gasteiger partial charge in [-0.1, -0.05) is 17.7 Å². The third kappa shape index (κ3) is 4.67. The van der Waals surface area contributed by atoms with Crippen molar-refractivity contribution < 1.29 is 18.1 Å². The summed E-state index contributed by atoms with van der Waals surface area (Å²) in [6, 6.07) is 9.49. The van der Waals surface area contributed by atoms with Crippen molar-refractivity contribution in [2.45, 2.75) is 0 Å². The minimum Gasteiger partial charge on any atom is -0.322 e. The third-order valence-electron chi connectivity index (χ3n) is 2.84. The summed E-state index contributed by atoms with van der Waals surface area (Å²) >= 11 is 5.89. The molecule has 0 aliphatic heterocycles. The van der Waals surface area contributed by atoms with Crippen LogP contribution >= 0.6 is 11.6 Å². The molecule has 0 bridgehead atoms. The molecule has 0 heterocycles. The molecule has 2 N–H and O–H groups in total. The Hall–Kier alpha value is -2.65. The molecule has 24 heavy (non-hydrogen) atoms. The number of sulfonamides is 1. The van der Waals surface area contributed by atoms with Gasteiger partial charge in [0.1, 0.15) is 0 Å². The van der Waals surface area contributed by atoms with E-state index < -0.39 is 20.9 Å². The number of non-ortho nitro benzene ring substituents is 1. The zero-order chi connectivity index (χ0) is 17.9. The zero-order valence-corrected chi connectivity index (χ0v) is 13.9. The van der Waals surface area contributed by atoms with Crippen LogP contribution in [0.4, 0.5) is 17.1 Å². The highest BCUT2D eigenvalue weighted by Crippen LogP contribution is 2.25. The second-order valence-corrected chi connectivity index (χ2v) is 6.99. The smallest absolute Gasteiger partial charge is 0.271 e. The normalized spacial score (nSPS) is 10.9. The fraction of sp³-hybridized carbons (Fsp3) is 0.0714. The van der Waals surface area contributed by atoms with E-state index in [9.17, 15) is 23.3 Å². The van der Waals surface area contributed by atoms with E-state index in [1.54, 1.807) is 0 Å². The van der Waals surface area contributed by atoms with E-state index in [4.69, 9.17) is 11.6 Å². The van der Waals surface area contributed by atoms with Crippen molar-refractivity contribution in [2.24, 2.45) is 0 Å². The summed E-state index contributed by atoms with van der Waals surface area (Å²) < 4.78 is 24.8. The fourth-order valence-electron chi connectivity index (χ4n) is 1.84. The lowest BCUT2D eigenvalue weighted by Crippen LogP contribution is -2.14. The van der Waals surface area contributed by atoms with Crippen LogP contribution in [0.3, 0.4) is 0 Å². The molecule has 1 amide bonds. The molecule has 0 aliphatic rings. The molecule has 0 atom stereocenters. The Kier molecular flexibility index (Phi) is 5.05. The maximum Gasteiger partial charge on any atom is 0.271 e. The van der Waals surface area contributed by atoms with Crippen LogP contribution in [0.1, 0.15) is 10.4 Å². The first-order valence-corrected chi connectivity index (χ1v) is 8.76. The van der Waals surface area contributed by atoms with Gasteiger partial charge in [0.15, 0.2) is 0 Å². The van der Waals surface area contributed by atoms with Crippen LogP contribution in [0, 0.1) is 10.1 Å². The number of nitro benzene ring substituents is 1. The number of nitro groups is 1. The third-order valence-corrected chi connectivity index (χ3v) is 3.76. The molecule has 126 valence electrons. The van der Waals surface area contributed by atoms with E-state index in [2.05, 4.69) is 10.0 Å². The molecule has 10 heteroatoms. The number of hydrogen-bond acceptors (Lipinski definition) is 5. The molecule has 0 saturated carbocycles. The number of anilines is 2. The molecule has 0 radical (unpaired) electrons. The van der Waals surface area contributed by atoms with Gasteiger partial charge in [-0.25, -0.2) is 8.42 Å². The van der Waals surface area contributed by atoms with Crippen LogP contribution in [0.15, 0.2) is 42.5 Å². The van der Waals surface area contributed by atoms with Gasteiger partial charge in [-0.05, 0) is 24.3 Å². The number of halogens is 1. The molecule has 0 unspecified atom stereocenters.